The Morgan fingerprint density at radius 1 is 1.38 bits per heavy atom. The lowest BCUT2D eigenvalue weighted by atomic mass is 10.4. The average molecular weight is 329 g/mol. The zero-order valence-corrected chi connectivity index (χ0v) is 13.9. The number of halogens is 1. The first-order valence-corrected chi connectivity index (χ1v) is 7.55. The van der Waals surface area contributed by atoms with Crippen molar-refractivity contribution in [2.75, 3.05) is 26.2 Å². The second kappa shape index (κ2) is 7.02. The summed E-state index contributed by atoms with van der Waals surface area (Å²) in [7, 11) is 5.09. The third-order valence-corrected chi connectivity index (χ3v) is 4.24. The van der Waals surface area contributed by atoms with Crippen molar-refractivity contribution < 1.29 is 9.47 Å². The molecule has 0 saturated carbocycles. The van der Waals surface area contributed by atoms with E-state index in [1.165, 1.54) is 13.3 Å². The lowest BCUT2D eigenvalue weighted by Crippen LogP contribution is -2.19. The van der Waals surface area contributed by atoms with Gasteiger partial charge in [-0.25, -0.2) is 9.97 Å². The van der Waals surface area contributed by atoms with Crippen LogP contribution in [0.1, 0.15) is 23.7 Å². The number of thiazole rings is 1. The van der Waals surface area contributed by atoms with E-state index in [2.05, 4.69) is 15.0 Å². The largest absolute Gasteiger partial charge is 0.467 e. The molecular weight excluding hydrogens is 312 g/mol. The lowest BCUT2D eigenvalue weighted by Gasteiger charge is -2.18. The summed E-state index contributed by atoms with van der Waals surface area (Å²) in [6.07, 6.45) is 1.52. The summed E-state index contributed by atoms with van der Waals surface area (Å²) >= 11 is 7.71. The van der Waals surface area contributed by atoms with Crippen molar-refractivity contribution in [1.29, 1.82) is 0 Å². The fourth-order valence-electron chi connectivity index (χ4n) is 1.71. The minimum Gasteiger partial charge on any atom is -0.467 e. The van der Waals surface area contributed by atoms with E-state index in [1.54, 1.807) is 18.4 Å². The average Bonchev–Trinajstić information content (AvgIpc) is 2.95. The Morgan fingerprint density at radius 2 is 2.14 bits per heavy atom. The highest BCUT2D eigenvalue weighted by Crippen LogP contribution is 2.26. The Morgan fingerprint density at radius 3 is 2.81 bits per heavy atom. The topological polar surface area (TPSA) is 60.4 Å². The smallest absolute Gasteiger partial charge is 0.318 e. The molecule has 2 aromatic heterocycles. The van der Waals surface area contributed by atoms with Crippen LogP contribution in [0.4, 0.5) is 5.82 Å². The van der Waals surface area contributed by atoms with Crippen LogP contribution in [0.3, 0.4) is 0 Å². The molecule has 6 nitrogen and oxygen atoms in total. The maximum Gasteiger partial charge on any atom is 0.318 e. The number of anilines is 1. The fourth-order valence-corrected chi connectivity index (χ4v) is 2.79. The maximum atomic E-state index is 6.13. The Bertz CT molecular complexity index is 608. The molecule has 2 heterocycles. The van der Waals surface area contributed by atoms with E-state index in [0.29, 0.717) is 17.4 Å². The van der Waals surface area contributed by atoms with Gasteiger partial charge in [0.1, 0.15) is 16.1 Å². The van der Waals surface area contributed by atoms with E-state index in [-0.39, 0.29) is 12.1 Å². The molecule has 2 rings (SSSR count). The Labute approximate surface area is 132 Å². The van der Waals surface area contributed by atoms with Crippen molar-refractivity contribution >= 4 is 28.8 Å². The highest BCUT2D eigenvalue weighted by atomic mass is 35.5. The van der Waals surface area contributed by atoms with Crippen molar-refractivity contribution in [3.8, 4) is 6.01 Å². The maximum absolute atomic E-state index is 6.13. The Kier molecular flexibility index (Phi) is 5.33. The molecule has 0 fully saturated rings. The van der Waals surface area contributed by atoms with Crippen molar-refractivity contribution in [3.63, 3.8) is 0 Å². The summed E-state index contributed by atoms with van der Waals surface area (Å²) in [5, 5.41) is 3.43. The molecule has 0 radical (unpaired) electrons. The van der Waals surface area contributed by atoms with Crippen molar-refractivity contribution in [3.05, 3.63) is 27.3 Å². The van der Waals surface area contributed by atoms with Crippen molar-refractivity contribution in [1.82, 2.24) is 15.0 Å². The highest BCUT2D eigenvalue weighted by molar-refractivity contribution is 7.09. The molecule has 0 aliphatic rings. The number of methoxy groups -OCH3 is 2. The quantitative estimate of drug-likeness (QED) is 0.812. The van der Waals surface area contributed by atoms with Gasteiger partial charge in [0.05, 0.1) is 25.5 Å². The zero-order chi connectivity index (χ0) is 15.4. The van der Waals surface area contributed by atoms with E-state index in [9.17, 15) is 0 Å². The molecule has 0 aliphatic heterocycles. The molecule has 1 atom stereocenters. The van der Waals surface area contributed by atoms with Crippen LogP contribution in [0.2, 0.25) is 5.02 Å². The van der Waals surface area contributed by atoms with Crippen LogP contribution in [0.25, 0.3) is 0 Å². The van der Waals surface area contributed by atoms with E-state index >= 15 is 0 Å². The zero-order valence-electron chi connectivity index (χ0n) is 12.3. The van der Waals surface area contributed by atoms with Crippen LogP contribution >= 0.6 is 22.9 Å². The fraction of sp³-hybridized carbons (Fsp3) is 0.462. The number of rotatable bonds is 6. The second-order valence-electron chi connectivity index (χ2n) is 4.44. The molecule has 0 unspecified atom stereocenters. The Balaban J connectivity index is 2.14. The molecule has 0 N–H and O–H groups in total. The van der Waals surface area contributed by atoms with Crippen molar-refractivity contribution in [2.24, 2.45) is 0 Å². The number of ether oxygens (including phenoxy) is 2. The van der Waals surface area contributed by atoms with Gasteiger partial charge in [0.2, 0.25) is 0 Å². The molecule has 0 bridgehead atoms. The van der Waals surface area contributed by atoms with Crippen LogP contribution in [-0.2, 0) is 11.3 Å². The molecule has 0 aliphatic carbocycles. The molecule has 0 spiro atoms. The van der Waals surface area contributed by atoms with Gasteiger partial charge in [-0.15, -0.1) is 11.3 Å². The summed E-state index contributed by atoms with van der Waals surface area (Å²) in [6.45, 7) is 2.56. The van der Waals surface area contributed by atoms with Gasteiger partial charge in [-0.3, -0.25) is 0 Å². The van der Waals surface area contributed by atoms with E-state index in [4.69, 9.17) is 21.1 Å². The van der Waals surface area contributed by atoms with Gasteiger partial charge in [-0.05, 0) is 6.92 Å². The van der Waals surface area contributed by atoms with Crippen LogP contribution in [-0.4, -0.2) is 36.2 Å². The lowest BCUT2D eigenvalue weighted by molar-refractivity contribution is 0.119. The first-order valence-electron chi connectivity index (χ1n) is 6.30. The SMILES string of the molecule is COc1ncc(Cl)c(N(C)Cc2csc([C@@H](C)OC)n2)n1. The van der Waals surface area contributed by atoms with Gasteiger partial charge in [0, 0.05) is 19.5 Å². The number of hydrogen-bond donors (Lipinski definition) is 0. The number of nitrogens with zero attached hydrogens (tertiary/aromatic N) is 4. The molecule has 8 heteroatoms. The predicted molar refractivity (Wildman–Crippen MR) is 83.2 cm³/mol. The molecule has 2 aromatic rings. The summed E-state index contributed by atoms with van der Waals surface area (Å²) < 4.78 is 10.3. The standard InChI is InChI=1S/C13H17ClN4O2S/c1-8(19-3)12-16-9(7-21-12)6-18(2)11-10(14)5-15-13(17-11)20-4/h5,7-8H,6H2,1-4H3/t8-/m1/s1. The second-order valence-corrected chi connectivity index (χ2v) is 5.74. The van der Waals surface area contributed by atoms with Gasteiger partial charge in [-0.1, -0.05) is 11.6 Å². The predicted octanol–water partition coefficient (Wildman–Crippen LogP) is 2.94. The molecule has 0 saturated heterocycles. The van der Waals surface area contributed by atoms with Gasteiger partial charge >= 0.3 is 6.01 Å². The third kappa shape index (κ3) is 3.81. The van der Waals surface area contributed by atoms with E-state index in [1.807, 2.05) is 24.3 Å². The highest BCUT2D eigenvalue weighted by Gasteiger charge is 2.14. The van der Waals surface area contributed by atoms with Crippen molar-refractivity contribution in [2.45, 2.75) is 19.6 Å². The van der Waals surface area contributed by atoms with Crippen LogP contribution in [0.5, 0.6) is 6.01 Å². The molecule has 0 amide bonds. The van der Waals surface area contributed by atoms with Crippen LogP contribution < -0.4 is 9.64 Å². The van der Waals surface area contributed by atoms with Gasteiger partial charge in [0.15, 0.2) is 5.82 Å². The first-order chi connectivity index (χ1) is 10.0. The summed E-state index contributed by atoms with van der Waals surface area (Å²) in [6, 6.07) is 0.285. The molecule has 21 heavy (non-hydrogen) atoms. The van der Waals surface area contributed by atoms with Gasteiger partial charge in [-0.2, -0.15) is 4.98 Å². The van der Waals surface area contributed by atoms with Gasteiger partial charge in [0.25, 0.3) is 0 Å². The summed E-state index contributed by atoms with van der Waals surface area (Å²) in [5.74, 6) is 0.609. The minimum atomic E-state index is -0.00297. The molecule has 114 valence electrons. The minimum absolute atomic E-state index is 0.00297. The van der Waals surface area contributed by atoms with E-state index < -0.39 is 0 Å². The normalized spacial score (nSPS) is 12.2. The first kappa shape index (κ1) is 15.9. The summed E-state index contributed by atoms with van der Waals surface area (Å²) in [5.41, 5.74) is 0.940. The molecule has 0 aromatic carbocycles. The third-order valence-electron chi connectivity index (χ3n) is 2.92. The summed E-state index contributed by atoms with van der Waals surface area (Å²) in [4.78, 5) is 14.7. The number of aromatic nitrogens is 3. The van der Waals surface area contributed by atoms with Crippen LogP contribution in [0, 0.1) is 0 Å². The van der Waals surface area contributed by atoms with E-state index in [0.717, 1.165) is 10.7 Å². The van der Waals surface area contributed by atoms with Gasteiger partial charge < -0.3 is 14.4 Å². The Hall–Kier alpha value is -1.44. The monoisotopic (exact) mass is 328 g/mol. The molecular formula is C13H17ClN4O2S. The number of hydrogen-bond acceptors (Lipinski definition) is 7. The van der Waals surface area contributed by atoms with Crippen LogP contribution in [0.15, 0.2) is 11.6 Å².